The number of tetrazole rings is 1. The molecule has 7 aliphatic rings. The van der Waals surface area contributed by atoms with E-state index in [1.165, 1.54) is 14.5 Å². The number of ether oxygens (including phenoxy) is 2. The number of hydrogen-bond donors (Lipinski definition) is 13. The number of carbonyl (C=O) groups is 10. The molecule has 0 saturated carbocycles. The van der Waals surface area contributed by atoms with E-state index in [9.17, 15) is 19.5 Å². The fraction of sp³-hybridized carbons (Fsp3) is 0.398. The van der Waals surface area contributed by atoms with Crippen molar-refractivity contribution in [3.05, 3.63) is 209 Å². The molecule has 2 saturated heterocycles. The zero-order valence-electron chi connectivity index (χ0n) is 69.7. The second-order valence-electron chi connectivity index (χ2n) is 33.7. The summed E-state index contributed by atoms with van der Waals surface area (Å²) in [7, 11) is 3.24. The molecule has 0 aliphatic carbocycles. The lowest BCUT2D eigenvalue weighted by Crippen LogP contribution is -2.61. The number of hydrogen-bond acceptors (Lipinski definition) is 22. The first kappa shape index (κ1) is 86.6. The summed E-state index contributed by atoms with van der Waals surface area (Å²) in [5.74, 6) is -5.75. The molecule has 12 bridgehead atoms. The summed E-state index contributed by atoms with van der Waals surface area (Å²) in [5, 5.41) is 65.8. The number of nitrogens with zero attached hydrogens (tertiary/aromatic N) is 9. The number of aliphatic carboxylic acids is 1. The Balaban J connectivity index is 0.843. The molecule has 7 aliphatic heterocycles. The summed E-state index contributed by atoms with van der Waals surface area (Å²) in [6.45, 7) is 13.8. The minimum atomic E-state index is -1.51. The lowest BCUT2D eigenvalue weighted by molar-refractivity contribution is -0.145. The number of rotatable bonds is 17. The van der Waals surface area contributed by atoms with Gasteiger partial charge in [-0.25, -0.2) is 14.6 Å². The molecule has 9 aromatic rings. The lowest BCUT2D eigenvalue weighted by atomic mass is 9.85. The summed E-state index contributed by atoms with van der Waals surface area (Å²) in [6, 6.07) is 34.2. The summed E-state index contributed by atoms with van der Waals surface area (Å²) in [5.41, 5.74) is 9.13. The molecular weight excluding hydrogens is 1560 g/mol. The zero-order valence-corrected chi connectivity index (χ0v) is 69.7. The second kappa shape index (κ2) is 38.0. The van der Waals surface area contributed by atoms with Gasteiger partial charge >= 0.3 is 5.97 Å². The number of carboxylic acids is 1. The third kappa shape index (κ3) is 21.3. The van der Waals surface area contributed by atoms with E-state index < -0.39 is 142 Å². The van der Waals surface area contributed by atoms with Gasteiger partial charge in [-0.3, -0.25) is 48.2 Å². The standard InChI is InChI=1S/C88H105N21O13/c1-50(89-9)77(110)96-74(87(3,4)5)84(117)106-46-64-41-72(106)82(115)93-69(39-54-22-28-57-17-11-13-19-59(57)34-54)80(113)92-68(79(112)91-43-56-16-15-21-61(36-56)76-100-102-103-101-76)37-52-24-30-66(31-25-52)121-48-62-44-109(104-98-62)65-42-73(107(47-65)85(118)75(88(6,7)8)97-78(111)51(2)90-10)83(116)94-70(40-55-23-29-58-18-12-14-20-60(58)35-55)81(114)95-71(86(119)120)38-53-26-32-67(33-27-53)122-49-63-45-108(64)105-99-63/h11-36,44-45,50-51,64-65,68-75,89-90,99,105H,37-43,46-49H2,1-10H3,(H,91,112)(H,92,113)(H,93,115)(H,94,116)(H,95,114)(H,96,110)(H,97,111)(H,119,120)(H,100,101,102,103)/t50-,51-,64-,65-,68-,69-,70-,71-,72-,73-,74+,75+/m0/s1. The fourth-order valence-corrected chi connectivity index (χ4v) is 15.4. The first-order chi connectivity index (χ1) is 58.4. The molecule has 2 aromatic heterocycles. The van der Waals surface area contributed by atoms with Gasteiger partial charge in [-0.15, -0.1) is 15.7 Å². The zero-order chi connectivity index (χ0) is 86.7. The van der Waals surface area contributed by atoms with Crippen molar-refractivity contribution in [2.75, 3.05) is 33.8 Å². The van der Waals surface area contributed by atoms with Crippen molar-refractivity contribution in [3.8, 4) is 22.9 Å². The first-order valence-corrected chi connectivity index (χ1v) is 40.8. The van der Waals surface area contributed by atoms with Gasteiger partial charge < -0.3 is 77.7 Å². The van der Waals surface area contributed by atoms with Crippen LogP contribution in [-0.4, -0.2) is 215 Å². The van der Waals surface area contributed by atoms with Gasteiger partial charge in [0.15, 0.2) is 5.82 Å². The van der Waals surface area contributed by atoms with Crippen LogP contribution in [0.5, 0.6) is 11.5 Å². The Kier molecular flexibility index (Phi) is 27.0. The average Bonchev–Trinajstić information content (AvgIpc) is 1.63. The third-order valence-electron chi connectivity index (χ3n) is 22.7. The fourth-order valence-electron chi connectivity index (χ4n) is 15.4. The van der Waals surface area contributed by atoms with Gasteiger partial charge in [0.1, 0.15) is 78.7 Å². The Morgan fingerprint density at radius 3 is 1.58 bits per heavy atom. The van der Waals surface area contributed by atoms with Crippen LogP contribution in [0.4, 0.5) is 0 Å². The van der Waals surface area contributed by atoms with Crippen molar-refractivity contribution >= 4 is 80.7 Å². The van der Waals surface area contributed by atoms with Crippen molar-refractivity contribution in [2.45, 2.75) is 180 Å². The smallest absolute Gasteiger partial charge is 0.326 e. The Labute approximate surface area is 705 Å². The molecule has 0 unspecified atom stereocenters. The van der Waals surface area contributed by atoms with Crippen LogP contribution in [0.2, 0.25) is 0 Å². The van der Waals surface area contributed by atoms with Gasteiger partial charge in [-0.1, -0.05) is 174 Å². The molecule has 7 aromatic carbocycles. The van der Waals surface area contributed by atoms with Gasteiger partial charge in [0.25, 0.3) is 0 Å². The number of H-pyrrole nitrogens is 1. The van der Waals surface area contributed by atoms with Crippen LogP contribution in [0.1, 0.15) is 108 Å². The van der Waals surface area contributed by atoms with Crippen molar-refractivity contribution in [1.82, 2.24) is 109 Å². The highest BCUT2D eigenvalue weighted by Gasteiger charge is 2.50. The molecule has 640 valence electrons. The van der Waals surface area contributed by atoms with Crippen LogP contribution in [0.15, 0.2) is 176 Å². The van der Waals surface area contributed by atoms with E-state index in [1.54, 1.807) is 121 Å². The van der Waals surface area contributed by atoms with Crippen LogP contribution in [0.25, 0.3) is 32.9 Å². The molecule has 2 fully saturated rings. The van der Waals surface area contributed by atoms with Crippen molar-refractivity contribution < 1.29 is 62.5 Å². The van der Waals surface area contributed by atoms with E-state index in [-0.39, 0.29) is 71.4 Å². The number of likely N-dealkylation sites (N-methyl/N-ethyl adjacent to an activating group) is 2. The van der Waals surface area contributed by atoms with Crippen LogP contribution in [0, 0.1) is 10.8 Å². The highest BCUT2D eigenvalue weighted by Crippen LogP contribution is 2.34. The molecule has 9 amide bonds. The van der Waals surface area contributed by atoms with Gasteiger partial charge in [0, 0.05) is 69.9 Å². The Morgan fingerprint density at radius 2 is 1.07 bits per heavy atom. The largest absolute Gasteiger partial charge is 0.487 e. The summed E-state index contributed by atoms with van der Waals surface area (Å²) < 4.78 is 14.1. The van der Waals surface area contributed by atoms with Gasteiger partial charge in [-0.05, 0) is 129 Å². The van der Waals surface area contributed by atoms with Crippen molar-refractivity contribution in [2.24, 2.45) is 10.8 Å². The van der Waals surface area contributed by atoms with E-state index >= 15 is 33.6 Å². The number of carbonyl (C=O) groups excluding carboxylic acids is 9. The number of amides is 9. The molecule has 9 heterocycles. The predicted molar refractivity (Wildman–Crippen MR) is 451 cm³/mol. The average molecular weight is 1660 g/mol. The number of aromatic amines is 1. The maximum absolute atomic E-state index is 15.7. The molecule has 0 spiro atoms. The van der Waals surface area contributed by atoms with Crippen LogP contribution in [0.3, 0.4) is 0 Å². The van der Waals surface area contributed by atoms with E-state index in [2.05, 4.69) is 89.7 Å². The SMILES string of the molecule is CN[C@@H](C)C(=O)N[C@H](C(=O)N1C[C@@H]2C[C@H]1C(=O)N[C@@H](Cc1ccc3ccccc3c1)C(=O)N[C@H](C(=O)O)Cc1ccc(cc1)OCC1=CN(NN1)[C@H]1C[C@@H](C(=O)N[C@@H](Cc3ccc4ccccc4c3)C(=O)N[C@H](C(=O)NCc3cccc(-c4nnn[nH]4)c3)Cc3ccc(cc3)OCc3cn2nn3)N(C(=O)[C@@H](NC(=O)[C@H](C)NC)C(C)(C)C)C1)C(C)(C)C. The molecule has 122 heavy (non-hydrogen) atoms. The quantitative estimate of drug-likeness (QED) is 0.0614. The van der Waals surface area contributed by atoms with E-state index in [1.807, 2.05) is 124 Å². The molecule has 34 heteroatoms. The predicted octanol–water partition coefficient (Wildman–Crippen LogP) is 3.90. The molecule has 0 radical (unpaired) electrons. The highest BCUT2D eigenvalue weighted by molar-refractivity contribution is 5.99. The molecule has 34 nitrogen and oxygen atoms in total. The van der Waals surface area contributed by atoms with Gasteiger partial charge in [0.2, 0.25) is 53.2 Å². The van der Waals surface area contributed by atoms with Gasteiger partial charge in [-0.2, -0.15) is 0 Å². The molecular formula is C88H105N21O13. The number of hydrazine groups is 2. The molecule has 12 atom stereocenters. The normalized spacial score (nSPS) is 21.2. The Bertz CT molecular complexity index is 5340. The Hall–Kier alpha value is -13.2. The minimum absolute atomic E-state index is 0.0112. The highest BCUT2D eigenvalue weighted by atomic mass is 16.5. The van der Waals surface area contributed by atoms with Crippen LogP contribution < -0.4 is 68.3 Å². The number of likely N-dealkylation sites (tertiary alicyclic amines) is 2. The van der Waals surface area contributed by atoms with Crippen LogP contribution >= 0.6 is 0 Å². The minimum Gasteiger partial charge on any atom is -0.487 e. The van der Waals surface area contributed by atoms with E-state index in [4.69, 9.17) is 9.47 Å². The first-order valence-electron chi connectivity index (χ1n) is 40.8. The maximum atomic E-state index is 15.7. The van der Waals surface area contributed by atoms with Crippen molar-refractivity contribution in [3.63, 3.8) is 0 Å². The summed E-state index contributed by atoms with van der Waals surface area (Å²) in [4.78, 5) is 151. The lowest BCUT2D eigenvalue weighted by Gasteiger charge is -2.36. The number of benzene rings is 7. The third-order valence-corrected chi connectivity index (χ3v) is 22.7. The Morgan fingerprint density at radius 1 is 0.557 bits per heavy atom. The summed E-state index contributed by atoms with van der Waals surface area (Å²) >= 11 is 0. The molecule has 13 N–H and O–H groups in total. The van der Waals surface area contributed by atoms with Crippen molar-refractivity contribution in [1.29, 1.82) is 0 Å². The van der Waals surface area contributed by atoms with Crippen LogP contribution in [-0.2, 0) is 86.8 Å². The monoisotopic (exact) mass is 1660 g/mol. The number of aromatic nitrogens is 7. The second-order valence-corrected chi connectivity index (χ2v) is 33.7. The topological polar surface area (TPSA) is 437 Å². The molecule has 16 rings (SSSR count). The summed E-state index contributed by atoms with van der Waals surface area (Å²) in [6.07, 6.45) is 2.90. The van der Waals surface area contributed by atoms with E-state index in [0.29, 0.717) is 62.1 Å². The van der Waals surface area contributed by atoms with Gasteiger partial charge in [0.05, 0.1) is 36.1 Å². The number of fused-ring (bicyclic) bond motifs is 2. The number of nitrogens with one attached hydrogen (secondary N) is 12. The number of carboxylic acid groups (broad SMARTS) is 1. The van der Waals surface area contributed by atoms with E-state index in [0.717, 1.165) is 21.5 Å². The maximum Gasteiger partial charge on any atom is 0.326 e.